The van der Waals surface area contributed by atoms with E-state index >= 15 is 0 Å². The van der Waals surface area contributed by atoms with Crippen LogP contribution in [0.1, 0.15) is 52.0 Å². The fourth-order valence-electron chi connectivity index (χ4n) is 4.51. The number of pyridine rings is 1. The molecule has 1 saturated carbocycles. The third kappa shape index (κ3) is 6.34. The van der Waals surface area contributed by atoms with Gasteiger partial charge < -0.3 is 28.6 Å². The van der Waals surface area contributed by atoms with E-state index in [1.54, 1.807) is 12.0 Å². The highest BCUT2D eigenvalue weighted by atomic mass is 19.1. The second kappa shape index (κ2) is 11.1. The van der Waals surface area contributed by atoms with Crippen LogP contribution in [0.2, 0.25) is 0 Å². The first kappa shape index (κ1) is 26.3. The fourth-order valence-corrected chi connectivity index (χ4v) is 4.51. The average molecular weight is 505 g/mol. The molecule has 0 spiro atoms. The Morgan fingerprint density at radius 1 is 1.28 bits per heavy atom. The van der Waals surface area contributed by atoms with Crippen LogP contribution in [0.5, 0.6) is 0 Å². The number of methoxy groups -OCH3 is 1. The Labute approximate surface area is 211 Å². The molecule has 198 valence electrons. The maximum Gasteiger partial charge on any atom is 0.410 e. The first-order chi connectivity index (χ1) is 17.2. The maximum atomic E-state index is 14.9. The number of halogens is 1. The van der Waals surface area contributed by atoms with Crippen LogP contribution >= 0.6 is 0 Å². The van der Waals surface area contributed by atoms with Crippen molar-refractivity contribution >= 4 is 23.0 Å². The molecule has 36 heavy (non-hydrogen) atoms. The molecule has 4 rings (SSSR count). The van der Waals surface area contributed by atoms with Gasteiger partial charge in [-0.1, -0.05) is 0 Å². The molecule has 1 aliphatic heterocycles. The number of hydrogen-bond acceptors (Lipinski definition) is 6. The summed E-state index contributed by atoms with van der Waals surface area (Å²) in [5.74, 6) is -0.532. The minimum Gasteiger partial charge on any atom is -0.444 e. The van der Waals surface area contributed by atoms with Gasteiger partial charge in [0.05, 0.1) is 18.5 Å². The molecule has 1 saturated heterocycles. The molecule has 10 heteroatoms. The third-order valence-electron chi connectivity index (χ3n) is 6.39. The van der Waals surface area contributed by atoms with Crippen molar-refractivity contribution in [3.8, 4) is 0 Å². The van der Waals surface area contributed by atoms with Gasteiger partial charge in [-0.3, -0.25) is 4.79 Å². The van der Waals surface area contributed by atoms with Gasteiger partial charge in [-0.15, -0.1) is 0 Å². The van der Waals surface area contributed by atoms with E-state index in [1.807, 2.05) is 31.5 Å². The van der Waals surface area contributed by atoms with Crippen LogP contribution in [0.3, 0.4) is 0 Å². The summed E-state index contributed by atoms with van der Waals surface area (Å²) in [6.45, 7) is 7.81. The number of amides is 2. The van der Waals surface area contributed by atoms with Gasteiger partial charge >= 0.3 is 6.09 Å². The fraction of sp³-hybridized carbons (Fsp3) is 0.654. The number of morpholine rings is 1. The lowest BCUT2D eigenvalue weighted by atomic mass is 10.1. The van der Waals surface area contributed by atoms with Gasteiger partial charge in [-0.2, -0.15) is 0 Å². The van der Waals surface area contributed by atoms with Gasteiger partial charge in [0.1, 0.15) is 17.1 Å². The minimum absolute atomic E-state index is 0.0813. The molecule has 2 fully saturated rings. The van der Waals surface area contributed by atoms with E-state index < -0.39 is 17.8 Å². The highest BCUT2D eigenvalue weighted by Crippen LogP contribution is 2.32. The Kier molecular flexibility index (Phi) is 8.14. The van der Waals surface area contributed by atoms with E-state index in [-0.39, 0.29) is 37.5 Å². The predicted molar refractivity (Wildman–Crippen MR) is 132 cm³/mol. The van der Waals surface area contributed by atoms with E-state index in [0.29, 0.717) is 30.7 Å². The molecule has 0 N–H and O–H groups in total. The first-order valence-corrected chi connectivity index (χ1v) is 12.7. The zero-order chi connectivity index (χ0) is 25.9. The summed E-state index contributed by atoms with van der Waals surface area (Å²) >= 11 is 0. The summed E-state index contributed by atoms with van der Waals surface area (Å²) in [6, 6.07) is 1.44. The summed E-state index contributed by atoms with van der Waals surface area (Å²) in [6.07, 6.45) is 5.69. The van der Waals surface area contributed by atoms with E-state index in [1.165, 1.54) is 17.2 Å². The number of carbonyl (C=O) groups excluding carboxylic acids is 2. The van der Waals surface area contributed by atoms with E-state index in [9.17, 15) is 14.0 Å². The number of fused-ring (bicyclic) bond motifs is 1. The molecule has 1 atom stereocenters. The number of rotatable bonds is 9. The lowest BCUT2D eigenvalue weighted by Gasteiger charge is -2.35. The van der Waals surface area contributed by atoms with Crippen molar-refractivity contribution in [2.45, 2.75) is 77.3 Å². The molecule has 2 aliphatic rings. The Bertz CT molecular complexity index is 1080. The van der Waals surface area contributed by atoms with Crippen molar-refractivity contribution in [3.05, 3.63) is 29.8 Å². The average Bonchev–Trinajstić information content (AvgIpc) is 3.61. The molecular weight excluding hydrogens is 467 g/mol. The van der Waals surface area contributed by atoms with Crippen LogP contribution in [0.25, 0.3) is 11.0 Å². The molecule has 1 aliphatic carbocycles. The molecule has 0 aromatic carbocycles. The monoisotopic (exact) mass is 504 g/mol. The Balaban J connectivity index is 1.51. The SMILES string of the molecule is COCCCCn1cc(CN(C(=O)[C@H]2CN(C(=O)OC(C)(C)C)CCO2)C2CC2)c2c(F)ccnc21. The first-order valence-electron chi connectivity index (χ1n) is 12.7. The number of aryl methyl sites for hydroxylation is 1. The van der Waals surface area contributed by atoms with Crippen LogP contribution in [0.4, 0.5) is 9.18 Å². The molecule has 0 radical (unpaired) electrons. The Morgan fingerprint density at radius 3 is 2.75 bits per heavy atom. The summed E-state index contributed by atoms with van der Waals surface area (Å²) in [4.78, 5) is 33.9. The largest absolute Gasteiger partial charge is 0.444 e. The zero-order valence-corrected chi connectivity index (χ0v) is 21.7. The molecule has 0 unspecified atom stereocenters. The molecule has 3 heterocycles. The minimum atomic E-state index is -0.780. The van der Waals surface area contributed by atoms with Crippen LogP contribution in [0, 0.1) is 5.82 Å². The second-order valence-corrected chi connectivity index (χ2v) is 10.5. The lowest BCUT2D eigenvalue weighted by molar-refractivity contribution is -0.150. The van der Waals surface area contributed by atoms with Gasteiger partial charge in [0, 0.05) is 57.3 Å². The molecule has 2 aromatic heterocycles. The highest BCUT2D eigenvalue weighted by molar-refractivity contribution is 5.85. The molecule has 9 nitrogen and oxygen atoms in total. The molecular formula is C26H37FN4O5. The normalized spacial score (nSPS) is 18.5. The van der Waals surface area contributed by atoms with Crippen molar-refractivity contribution < 1.29 is 28.2 Å². The van der Waals surface area contributed by atoms with E-state index in [2.05, 4.69) is 4.98 Å². The third-order valence-corrected chi connectivity index (χ3v) is 6.39. The van der Waals surface area contributed by atoms with Gasteiger partial charge in [0.15, 0.2) is 6.10 Å². The van der Waals surface area contributed by atoms with Gasteiger partial charge in [-0.25, -0.2) is 14.2 Å². The predicted octanol–water partition coefficient (Wildman–Crippen LogP) is 3.73. The van der Waals surface area contributed by atoms with Crippen molar-refractivity contribution in [2.75, 3.05) is 33.4 Å². The van der Waals surface area contributed by atoms with Gasteiger partial charge in [0.25, 0.3) is 5.91 Å². The van der Waals surface area contributed by atoms with Crippen molar-refractivity contribution in [1.82, 2.24) is 19.4 Å². The number of aromatic nitrogens is 2. The van der Waals surface area contributed by atoms with E-state index in [4.69, 9.17) is 14.2 Å². The second-order valence-electron chi connectivity index (χ2n) is 10.5. The number of nitrogens with zero attached hydrogens (tertiary/aromatic N) is 4. The highest BCUT2D eigenvalue weighted by Gasteiger charge is 2.40. The number of carbonyl (C=O) groups is 2. The van der Waals surface area contributed by atoms with Gasteiger partial charge in [0.2, 0.25) is 0 Å². The van der Waals surface area contributed by atoms with Crippen molar-refractivity contribution in [1.29, 1.82) is 0 Å². The van der Waals surface area contributed by atoms with Crippen LogP contribution in [0.15, 0.2) is 18.5 Å². The standard InChI is InChI=1S/C26H37FN4O5/c1-26(2,3)36-25(33)30-12-14-35-21(17-30)24(32)31(19-7-8-19)16-18-15-29(11-5-6-13-34-4)23-22(18)20(27)9-10-28-23/h9-10,15,19,21H,5-8,11-14,16-17H2,1-4H3/t21-/m1/s1. The number of ether oxygens (including phenoxy) is 3. The van der Waals surface area contributed by atoms with Crippen molar-refractivity contribution in [2.24, 2.45) is 0 Å². The summed E-state index contributed by atoms with van der Waals surface area (Å²) < 4.78 is 33.3. The topological polar surface area (TPSA) is 86.1 Å². The smallest absolute Gasteiger partial charge is 0.410 e. The van der Waals surface area contributed by atoms with Crippen LogP contribution in [-0.2, 0) is 32.1 Å². The van der Waals surface area contributed by atoms with Gasteiger partial charge in [-0.05, 0) is 52.5 Å². The maximum absolute atomic E-state index is 14.9. The molecule has 2 aromatic rings. The Morgan fingerprint density at radius 2 is 2.06 bits per heavy atom. The van der Waals surface area contributed by atoms with Crippen LogP contribution < -0.4 is 0 Å². The number of unbranched alkanes of at least 4 members (excludes halogenated alkanes) is 1. The molecule has 2 amide bonds. The number of hydrogen-bond donors (Lipinski definition) is 0. The Hall–Kier alpha value is -2.72. The summed E-state index contributed by atoms with van der Waals surface area (Å²) in [5, 5.41) is 0.447. The quantitative estimate of drug-likeness (QED) is 0.484. The zero-order valence-electron chi connectivity index (χ0n) is 21.7. The lowest BCUT2D eigenvalue weighted by Crippen LogP contribution is -2.53. The summed E-state index contributed by atoms with van der Waals surface area (Å²) in [7, 11) is 1.67. The van der Waals surface area contributed by atoms with Crippen molar-refractivity contribution in [3.63, 3.8) is 0 Å². The summed E-state index contributed by atoms with van der Waals surface area (Å²) in [5.41, 5.74) is 0.684. The van der Waals surface area contributed by atoms with E-state index in [0.717, 1.165) is 31.2 Å². The van der Waals surface area contributed by atoms with Crippen LogP contribution in [-0.4, -0.2) is 82.5 Å². The molecule has 0 bridgehead atoms.